The average Bonchev–Trinajstić information content (AvgIpc) is 3.29. The van der Waals surface area contributed by atoms with Crippen molar-refractivity contribution in [1.82, 2.24) is 39.2 Å². The highest BCUT2D eigenvalue weighted by atomic mass is 36.0. The average molecular weight is 536 g/mol. The highest BCUT2D eigenvalue weighted by Crippen LogP contribution is 2.61. The van der Waals surface area contributed by atoms with Crippen LogP contribution in [-0.2, 0) is 4.57 Å². The topological polar surface area (TPSA) is 123 Å². The molecule has 0 aliphatic rings. The van der Waals surface area contributed by atoms with Gasteiger partial charge in [-0.25, -0.2) is 14.8 Å². The molecule has 0 radical (unpaired) electrons. The Morgan fingerprint density at radius 2 is 1.52 bits per heavy atom. The first kappa shape index (κ1) is 24.3. The van der Waals surface area contributed by atoms with Gasteiger partial charge in [0.25, 0.3) is 0 Å². The SMILES string of the molecule is CSc1nc(Cl)n2nccc2n1.CSc1nc2ccnn2c(=O)[nH]1.O=P(Cl)(Cl)Cl. The molecule has 29 heavy (non-hydrogen) atoms. The number of nitrogens with one attached hydrogen (secondary N) is 1. The van der Waals surface area contributed by atoms with E-state index in [0.29, 0.717) is 21.2 Å². The van der Waals surface area contributed by atoms with Gasteiger partial charge in [-0.2, -0.15) is 24.2 Å². The molecule has 0 saturated heterocycles. The minimum Gasteiger partial charge on any atom is -0.285 e. The number of hydrogen-bond donors (Lipinski definition) is 1. The summed E-state index contributed by atoms with van der Waals surface area (Å²) >= 11 is 22.5. The Hall–Kier alpha value is -1.01. The molecule has 156 valence electrons. The first-order valence-electron chi connectivity index (χ1n) is 7.20. The molecule has 0 aliphatic carbocycles. The number of H-pyrrole nitrogens is 1. The lowest BCUT2D eigenvalue weighted by Gasteiger charge is -1.97. The van der Waals surface area contributed by atoms with Crippen LogP contribution in [0.3, 0.4) is 0 Å². The van der Waals surface area contributed by atoms with Gasteiger partial charge in [-0.05, 0) is 57.8 Å². The number of hydrogen-bond acceptors (Lipinski definition) is 9. The van der Waals surface area contributed by atoms with Gasteiger partial charge in [0.15, 0.2) is 21.6 Å². The second kappa shape index (κ2) is 10.9. The fourth-order valence-corrected chi connectivity index (χ4v) is 2.77. The van der Waals surface area contributed by atoms with Gasteiger partial charge in [0.1, 0.15) is 0 Å². The van der Waals surface area contributed by atoms with Gasteiger partial charge in [0, 0.05) is 12.1 Å². The van der Waals surface area contributed by atoms with Crippen molar-refractivity contribution >= 4 is 85.3 Å². The highest BCUT2D eigenvalue weighted by Gasteiger charge is 2.04. The summed E-state index contributed by atoms with van der Waals surface area (Å²) in [5, 5.41) is 6.12. The maximum atomic E-state index is 11.2. The molecule has 0 saturated carbocycles. The van der Waals surface area contributed by atoms with E-state index >= 15 is 0 Å². The van der Waals surface area contributed by atoms with Crippen LogP contribution < -0.4 is 5.69 Å². The van der Waals surface area contributed by atoms with Crippen molar-refractivity contribution in [1.29, 1.82) is 0 Å². The van der Waals surface area contributed by atoms with Crippen molar-refractivity contribution in [3.05, 3.63) is 40.3 Å². The van der Waals surface area contributed by atoms with Crippen molar-refractivity contribution in [2.24, 2.45) is 0 Å². The third kappa shape index (κ3) is 7.63. The maximum Gasteiger partial charge on any atom is 0.350 e. The molecule has 0 aromatic carbocycles. The first-order valence-corrected chi connectivity index (χ1v) is 14.5. The van der Waals surface area contributed by atoms with Gasteiger partial charge in [0.05, 0.1) is 12.4 Å². The second-order valence-electron chi connectivity index (χ2n) is 4.63. The monoisotopic (exact) mass is 534 g/mol. The summed E-state index contributed by atoms with van der Waals surface area (Å²) in [4.78, 5) is 26.1. The number of fused-ring (bicyclic) bond motifs is 2. The summed E-state index contributed by atoms with van der Waals surface area (Å²) in [5.74, 6) is 0. The first-order chi connectivity index (χ1) is 13.6. The van der Waals surface area contributed by atoms with Crippen LogP contribution in [0.1, 0.15) is 0 Å². The minimum absolute atomic E-state index is 0.255. The van der Waals surface area contributed by atoms with Gasteiger partial charge >= 0.3 is 10.9 Å². The van der Waals surface area contributed by atoms with Crippen LogP contribution >= 0.6 is 74.0 Å². The van der Waals surface area contributed by atoms with Crippen LogP contribution in [0.15, 0.2) is 39.6 Å². The van der Waals surface area contributed by atoms with Gasteiger partial charge in [-0.1, -0.05) is 23.5 Å². The molecule has 1 N–H and O–H groups in total. The molecule has 0 unspecified atom stereocenters. The van der Waals surface area contributed by atoms with E-state index in [1.54, 1.807) is 24.5 Å². The Balaban J connectivity index is 0.000000170. The second-order valence-corrected chi connectivity index (χ2v) is 13.2. The summed E-state index contributed by atoms with van der Waals surface area (Å²) in [7, 11) is 0. The zero-order valence-electron chi connectivity index (χ0n) is 14.5. The lowest BCUT2D eigenvalue weighted by atomic mass is 10.7. The minimum atomic E-state index is -3.22. The zero-order chi connectivity index (χ0) is 21.6. The van der Waals surface area contributed by atoms with E-state index in [4.69, 9.17) is 11.6 Å². The van der Waals surface area contributed by atoms with E-state index in [1.807, 2.05) is 12.5 Å². The van der Waals surface area contributed by atoms with Gasteiger partial charge in [-0.3, -0.25) is 9.55 Å². The van der Waals surface area contributed by atoms with Crippen LogP contribution in [-0.4, -0.2) is 51.7 Å². The Bertz CT molecular complexity index is 1200. The third-order valence-corrected chi connectivity index (χ3v) is 4.19. The molecule has 4 aromatic heterocycles. The zero-order valence-corrected chi connectivity index (χ0v) is 20.1. The lowest BCUT2D eigenvalue weighted by Crippen LogP contribution is -2.18. The molecule has 0 atom stereocenters. The van der Waals surface area contributed by atoms with E-state index in [1.165, 1.54) is 32.6 Å². The van der Waals surface area contributed by atoms with E-state index in [2.05, 4.69) is 63.9 Å². The Morgan fingerprint density at radius 1 is 0.966 bits per heavy atom. The van der Waals surface area contributed by atoms with Crippen molar-refractivity contribution in [3.63, 3.8) is 0 Å². The van der Waals surface area contributed by atoms with Crippen LogP contribution in [0.25, 0.3) is 11.3 Å². The molecule has 4 rings (SSSR count). The Labute approximate surface area is 191 Å². The standard InChI is InChI=1S/C6H5ClN4S.C6H6N4OS.Cl3OP/c1-12-6-9-4-2-3-8-11(4)5(7)10-6;1-12-5-8-4-2-3-7-10(4)6(11)9-5;1-5(2,3)4/h2-3H,1H3;2-3H,1H3,(H,8,9,11);. The van der Waals surface area contributed by atoms with E-state index in [0.717, 1.165) is 5.65 Å². The van der Waals surface area contributed by atoms with Gasteiger partial charge in [0.2, 0.25) is 5.28 Å². The maximum absolute atomic E-state index is 11.2. The number of nitrogens with zero attached hydrogens (tertiary/aromatic N) is 7. The van der Waals surface area contributed by atoms with Crippen LogP contribution in [0, 0.1) is 0 Å². The molecule has 0 fully saturated rings. The molecule has 10 nitrogen and oxygen atoms in total. The predicted octanol–water partition coefficient (Wildman–Crippen LogP) is 4.45. The van der Waals surface area contributed by atoms with E-state index < -0.39 is 5.20 Å². The normalized spacial score (nSPS) is 11.0. The van der Waals surface area contributed by atoms with Gasteiger partial charge in [-0.15, -0.1) is 0 Å². The number of aromatic amines is 1. The quantitative estimate of drug-likeness (QED) is 0.293. The summed E-state index contributed by atoms with van der Waals surface area (Å²) in [6, 6.07) is 3.47. The van der Waals surface area contributed by atoms with Crippen molar-refractivity contribution in [2.45, 2.75) is 10.3 Å². The summed E-state index contributed by atoms with van der Waals surface area (Å²) in [6.45, 7) is 0. The van der Waals surface area contributed by atoms with Crippen molar-refractivity contribution in [3.8, 4) is 0 Å². The number of aromatic nitrogens is 8. The highest BCUT2D eigenvalue weighted by molar-refractivity contribution is 8.24. The fourth-order valence-electron chi connectivity index (χ4n) is 1.77. The van der Waals surface area contributed by atoms with Crippen LogP contribution in [0.4, 0.5) is 0 Å². The molecule has 0 spiro atoms. The van der Waals surface area contributed by atoms with E-state index in [9.17, 15) is 9.36 Å². The molecule has 0 aliphatic heterocycles. The smallest absolute Gasteiger partial charge is 0.285 e. The lowest BCUT2D eigenvalue weighted by molar-refractivity contribution is 0.600. The summed E-state index contributed by atoms with van der Waals surface area (Å²) < 4.78 is 12.2. The molecular formula is C12H11Cl4N8O2PS2. The van der Waals surface area contributed by atoms with Crippen molar-refractivity contribution in [2.75, 3.05) is 12.5 Å². The fraction of sp³-hybridized carbons (Fsp3) is 0.167. The number of rotatable bonds is 2. The number of thioether (sulfide) groups is 2. The largest absolute Gasteiger partial charge is 0.350 e. The molecule has 4 heterocycles. The molecule has 17 heteroatoms. The molecular weight excluding hydrogens is 525 g/mol. The van der Waals surface area contributed by atoms with Gasteiger partial charge < -0.3 is 0 Å². The molecule has 0 amide bonds. The van der Waals surface area contributed by atoms with E-state index in [-0.39, 0.29) is 5.69 Å². The summed E-state index contributed by atoms with van der Waals surface area (Å²) in [6.07, 6.45) is 6.94. The van der Waals surface area contributed by atoms with Crippen LogP contribution in [0.2, 0.25) is 5.28 Å². The predicted molar refractivity (Wildman–Crippen MR) is 118 cm³/mol. The van der Waals surface area contributed by atoms with Crippen LogP contribution in [0.5, 0.6) is 0 Å². The molecule has 0 bridgehead atoms. The molecule has 4 aromatic rings. The Kier molecular flexibility index (Phi) is 9.08. The van der Waals surface area contributed by atoms with Crippen molar-refractivity contribution < 1.29 is 4.57 Å². The number of halogens is 4. The summed E-state index contributed by atoms with van der Waals surface area (Å²) in [5.41, 5.74) is 1.04. The third-order valence-electron chi connectivity index (χ3n) is 2.82. The Morgan fingerprint density at radius 3 is 2.07 bits per heavy atom.